The maximum atomic E-state index is 13.7. The first-order valence-electron chi connectivity index (χ1n) is 7.36. The van der Waals surface area contributed by atoms with Gasteiger partial charge >= 0.3 is 0 Å². The summed E-state index contributed by atoms with van der Waals surface area (Å²) in [6, 6.07) is 10.0. The number of hydrogen-bond acceptors (Lipinski definition) is 3. The summed E-state index contributed by atoms with van der Waals surface area (Å²) in [6.45, 7) is 4.16. The van der Waals surface area contributed by atoms with Gasteiger partial charge in [0.2, 0.25) is 0 Å². The topological polar surface area (TPSA) is 54.9 Å². The highest BCUT2D eigenvalue weighted by molar-refractivity contribution is 6.11. The minimum absolute atomic E-state index is 0.169. The number of benzene rings is 2. The Morgan fingerprint density at radius 1 is 1.13 bits per heavy atom. The molecule has 1 amide bonds. The van der Waals surface area contributed by atoms with Crippen molar-refractivity contribution in [3.05, 3.63) is 65.7 Å². The third-order valence-electron chi connectivity index (χ3n) is 3.59. The van der Waals surface area contributed by atoms with Crippen molar-refractivity contribution in [2.24, 2.45) is 0 Å². The van der Waals surface area contributed by atoms with E-state index in [9.17, 15) is 9.18 Å². The monoisotopic (exact) mass is 309 g/mol. The molecule has 0 atom stereocenters. The summed E-state index contributed by atoms with van der Waals surface area (Å²) in [6.07, 6.45) is 2.95. The van der Waals surface area contributed by atoms with Crippen molar-refractivity contribution in [2.45, 2.75) is 19.8 Å². The fourth-order valence-electron chi connectivity index (χ4n) is 2.39. The zero-order valence-corrected chi connectivity index (χ0v) is 12.9. The average Bonchev–Trinajstić information content (AvgIpc) is 2.54. The summed E-state index contributed by atoms with van der Waals surface area (Å²) in [5, 5.41) is 2.80. The van der Waals surface area contributed by atoms with E-state index in [0.29, 0.717) is 22.6 Å². The molecule has 0 bridgehead atoms. The molecule has 1 aromatic heterocycles. The number of aromatic nitrogens is 2. The van der Waals surface area contributed by atoms with Crippen molar-refractivity contribution in [1.82, 2.24) is 9.97 Å². The number of halogens is 1. The van der Waals surface area contributed by atoms with Crippen LogP contribution in [0.25, 0.3) is 11.0 Å². The van der Waals surface area contributed by atoms with E-state index in [1.54, 1.807) is 6.07 Å². The van der Waals surface area contributed by atoms with Gasteiger partial charge in [-0.25, -0.2) is 4.39 Å². The van der Waals surface area contributed by atoms with Crippen LogP contribution in [0.5, 0.6) is 0 Å². The van der Waals surface area contributed by atoms with Crippen LogP contribution in [0, 0.1) is 5.82 Å². The largest absolute Gasteiger partial charge is 0.322 e. The van der Waals surface area contributed by atoms with Crippen LogP contribution in [-0.2, 0) is 0 Å². The van der Waals surface area contributed by atoms with Crippen LogP contribution in [-0.4, -0.2) is 15.9 Å². The predicted molar refractivity (Wildman–Crippen MR) is 88.0 cm³/mol. The second-order valence-corrected chi connectivity index (χ2v) is 5.61. The third-order valence-corrected chi connectivity index (χ3v) is 3.59. The van der Waals surface area contributed by atoms with E-state index in [2.05, 4.69) is 29.1 Å². The Labute approximate surface area is 133 Å². The molecule has 2 aromatic carbocycles. The Morgan fingerprint density at radius 3 is 2.70 bits per heavy atom. The zero-order valence-electron chi connectivity index (χ0n) is 12.9. The van der Waals surface area contributed by atoms with Gasteiger partial charge in [0, 0.05) is 24.1 Å². The first-order chi connectivity index (χ1) is 11.0. The van der Waals surface area contributed by atoms with Crippen LogP contribution in [0.4, 0.5) is 10.1 Å². The number of hydrogen-bond donors (Lipinski definition) is 1. The van der Waals surface area contributed by atoms with E-state index in [1.807, 2.05) is 18.2 Å². The Kier molecular flexibility index (Phi) is 4.02. The van der Waals surface area contributed by atoms with Crippen molar-refractivity contribution in [3.8, 4) is 0 Å². The highest BCUT2D eigenvalue weighted by Crippen LogP contribution is 2.21. The molecule has 5 heteroatoms. The summed E-state index contributed by atoms with van der Waals surface area (Å²) in [5.41, 5.74) is 2.69. The molecule has 0 radical (unpaired) electrons. The normalized spacial score (nSPS) is 11.0. The van der Waals surface area contributed by atoms with E-state index < -0.39 is 11.7 Å². The molecule has 1 heterocycles. The quantitative estimate of drug-likeness (QED) is 0.791. The molecule has 116 valence electrons. The Hall–Kier alpha value is -2.82. The van der Waals surface area contributed by atoms with Gasteiger partial charge in [-0.3, -0.25) is 14.8 Å². The number of carbonyl (C=O) groups excluding carboxylic acids is 1. The minimum atomic E-state index is -0.515. The maximum absolute atomic E-state index is 13.7. The van der Waals surface area contributed by atoms with Crippen LogP contribution in [0.2, 0.25) is 0 Å². The standard InChI is InChI=1S/C18H16FN3O/c1-11(2)12-4-3-5-14(8-12)22-18(23)15-9-13(19)10-16-17(15)21-7-6-20-16/h3-11H,1-2H3,(H,22,23). The molecule has 23 heavy (non-hydrogen) atoms. The van der Waals surface area contributed by atoms with E-state index in [-0.39, 0.29) is 5.56 Å². The Balaban J connectivity index is 1.97. The highest BCUT2D eigenvalue weighted by atomic mass is 19.1. The Bertz CT molecular complexity index is 877. The number of anilines is 1. The van der Waals surface area contributed by atoms with Gasteiger partial charge in [-0.05, 0) is 29.7 Å². The molecule has 0 spiro atoms. The smallest absolute Gasteiger partial charge is 0.258 e. The van der Waals surface area contributed by atoms with Gasteiger partial charge in [0.15, 0.2) is 0 Å². The molecule has 3 aromatic rings. The first-order valence-corrected chi connectivity index (χ1v) is 7.36. The van der Waals surface area contributed by atoms with Crippen molar-refractivity contribution < 1.29 is 9.18 Å². The van der Waals surface area contributed by atoms with Gasteiger partial charge in [0.25, 0.3) is 5.91 Å². The lowest BCUT2D eigenvalue weighted by molar-refractivity contribution is 0.102. The van der Waals surface area contributed by atoms with Gasteiger partial charge in [0.05, 0.1) is 11.1 Å². The molecule has 3 rings (SSSR count). The lowest BCUT2D eigenvalue weighted by atomic mass is 10.0. The molecular weight excluding hydrogens is 293 g/mol. The summed E-state index contributed by atoms with van der Waals surface area (Å²) >= 11 is 0. The number of rotatable bonds is 3. The summed E-state index contributed by atoms with van der Waals surface area (Å²) in [7, 11) is 0. The van der Waals surface area contributed by atoms with Gasteiger partial charge in [0.1, 0.15) is 11.3 Å². The molecule has 0 fully saturated rings. The van der Waals surface area contributed by atoms with Crippen molar-refractivity contribution in [2.75, 3.05) is 5.32 Å². The van der Waals surface area contributed by atoms with Gasteiger partial charge < -0.3 is 5.32 Å². The lowest BCUT2D eigenvalue weighted by Crippen LogP contribution is -2.13. The zero-order chi connectivity index (χ0) is 16.4. The van der Waals surface area contributed by atoms with Crippen molar-refractivity contribution >= 4 is 22.6 Å². The summed E-state index contributed by atoms with van der Waals surface area (Å²) < 4.78 is 13.7. The number of nitrogens with zero attached hydrogens (tertiary/aromatic N) is 2. The molecule has 0 aliphatic heterocycles. The molecule has 0 aliphatic rings. The number of amides is 1. The lowest BCUT2D eigenvalue weighted by Gasteiger charge is -2.10. The summed E-state index contributed by atoms with van der Waals surface area (Å²) in [5.74, 6) is -0.567. The fraction of sp³-hybridized carbons (Fsp3) is 0.167. The molecule has 0 saturated heterocycles. The molecule has 0 saturated carbocycles. The maximum Gasteiger partial charge on any atom is 0.258 e. The average molecular weight is 309 g/mol. The van der Waals surface area contributed by atoms with Crippen LogP contribution < -0.4 is 5.32 Å². The van der Waals surface area contributed by atoms with Gasteiger partial charge in [-0.1, -0.05) is 26.0 Å². The van der Waals surface area contributed by atoms with E-state index in [0.717, 1.165) is 5.56 Å². The second kappa shape index (κ2) is 6.12. The SMILES string of the molecule is CC(C)c1cccc(NC(=O)c2cc(F)cc3nccnc23)c1. The predicted octanol–water partition coefficient (Wildman–Crippen LogP) is 4.14. The van der Waals surface area contributed by atoms with Crippen LogP contribution in [0.15, 0.2) is 48.8 Å². The van der Waals surface area contributed by atoms with E-state index in [1.165, 1.54) is 24.5 Å². The minimum Gasteiger partial charge on any atom is -0.322 e. The van der Waals surface area contributed by atoms with Crippen LogP contribution in [0.1, 0.15) is 35.7 Å². The summed E-state index contributed by atoms with van der Waals surface area (Å²) in [4.78, 5) is 20.7. The highest BCUT2D eigenvalue weighted by Gasteiger charge is 2.14. The molecule has 1 N–H and O–H groups in total. The molecule has 0 unspecified atom stereocenters. The van der Waals surface area contributed by atoms with Crippen molar-refractivity contribution in [3.63, 3.8) is 0 Å². The Morgan fingerprint density at radius 2 is 1.91 bits per heavy atom. The van der Waals surface area contributed by atoms with E-state index >= 15 is 0 Å². The van der Waals surface area contributed by atoms with Crippen LogP contribution >= 0.6 is 0 Å². The fourth-order valence-corrected chi connectivity index (χ4v) is 2.39. The number of carbonyl (C=O) groups is 1. The van der Waals surface area contributed by atoms with Gasteiger partial charge in [-0.15, -0.1) is 0 Å². The third kappa shape index (κ3) is 3.18. The molecule has 0 aliphatic carbocycles. The van der Waals surface area contributed by atoms with Crippen molar-refractivity contribution in [1.29, 1.82) is 0 Å². The molecule has 4 nitrogen and oxygen atoms in total. The van der Waals surface area contributed by atoms with Crippen LogP contribution in [0.3, 0.4) is 0 Å². The molecular formula is C18H16FN3O. The van der Waals surface area contributed by atoms with E-state index in [4.69, 9.17) is 0 Å². The second-order valence-electron chi connectivity index (χ2n) is 5.61. The van der Waals surface area contributed by atoms with Gasteiger partial charge in [-0.2, -0.15) is 0 Å². The number of fused-ring (bicyclic) bond motifs is 1. The first kappa shape index (κ1) is 15.1. The number of nitrogens with one attached hydrogen (secondary N) is 1.